The molecule has 1 aromatic rings. The molecule has 1 N–H and O–H groups in total. The number of carbonyl (C=O) groups excluding carboxylic acids is 2. The van der Waals surface area contributed by atoms with Crippen LogP contribution in [-0.2, 0) is 4.74 Å². The van der Waals surface area contributed by atoms with Gasteiger partial charge in [-0.1, -0.05) is 13.8 Å². The van der Waals surface area contributed by atoms with Crippen molar-refractivity contribution in [1.29, 1.82) is 0 Å². The summed E-state index contributed by atoms with van der Waals surface area (Å²) in [7, 11) is 0. The minimum absolute atomic E-state index is 0.0233. The zero-order valence-electron chi connectivity index (χ0n) is 15.9. The molecule has 0 radical (unpaired) electrons. The molecule has 1 aromatic carbocycles. The Morgan fingerprint density at radius 2 is 1.77 bits per heavy atom. The van der Waals surface area contributed by atoms with Gasteiger partial charge >= 0.3 is 6.03 Å². The maximum atomic E-state index is 12.5. The summed E-state index contributed by atoms with van der Waals surface area (Å²) in [5, 5.41) is 2.95. The third kappa shape index (κ3) is 4.64. The number of urea groups is 1. The zero-order chi connectivity index (χ0) is 18.5. The molecule has 2 aliphatic rings. The number of carbonyl (C=O) groups is 2. The lowest BCUT2D eigenvalue weighted by molar-refractivity contribution is -0.0345. The first-order valence-corrected chi connectivity index (χ1v) is 9.86. The van der Waals surface area contributed by atoms with Gasteiger partial charge in [-0.05, 0) is 62.3 Å². The van der Waals surface area contributed by atoms with Gasteiger partial charge in [0.05, 0.1) is 6.10 Å². The SMILES string of the molecule is CC(C)C(=O)c1ccc(NC(=O)N2CCC(C3CCCCO3)CC2)cc1. The van der Waals surface area contributed by atoms with E-state index in [0.29, 0.717) is 17.6 Å². The summed E-state index contributed by atoms with van der Waals surface area (Å²) in [5.41, 5.74) is 1.42. The van der Waals surface area contributed by atoms with Crippen molar-refractivity contribution in [3.63, 3.8) is 0 Å². The van der Waals surface area contributed by atoms with Gasteiger partial charge in [0.25, 0.3) is 0 Å². The second-order valence-electron chi connectivity index (χ2n) is 7.76. The monoisotopic (exact) mass is 358 g/mol. The molecule has 1 unspecified atom stereocenters. The van der Waals surface area contributed by atoms with Gasteiger partial charge in [0.1, 0.15) is 0 Å². The van der Waals surface area contributed by atoms with Gasteiger partial charge in [0.2, 0.25) is 0 Å². The molecule has 2 saturated heterocycles. The predicted molar refractivity (Wildman–Crippen MR) is 103 cm³/mol. The summed E-state index contributed by atoms with van der Waals surface area (Å²) in [6, 6.07) is 7.11. The number of nitrogens with one attached hydrogen (secondary N) is 1. The van der Waals surface area contributed by atoms with Crippen LogP contribution in [0.4, 0.5) is 10.5 Å². The van der Waals surface area contributed by atoms with E-state index in [0.717, 1.165) is 44.6 Å². The molecule has 2 fully saturated rings. The zero-order valence-corrected chi connectivity index (χ0v) is 15.9. The number of likely N-dealkylation sites (tertiary alicyclic amines) is 1. The highest BCUT2D eigenvalue weighted by molar-refractivity contribution is 5.98. The highest BCUT2D eigenvalue weighted by Gasteiger charge is 2.30. The van der Waals surface area contributed by atoms with Crippen LogP contribution in [0.1, 0.15) is 56.3 Å². The fourth-order valence-electron chi connectivity index (χ4n) is 3.87. The number of amides is 2. The molecular formula is C21H30N2O3. The predicted octanol–water partition coefficient (Wildman–Crippen LogP) is 4.34. The number of piperidine rings is 1. The summed E-state index contributed by atoms with van der Waals surface area (Å²) in [6.45, 7) is 6.22. The number of ketones is 1. The number of ether oxygens (including phenoxy) is 1. The normalized spacial score (nSPS) is 21.7. The Balaban J connectivity index is 1.49. The van der Waals surface area contributed by atoms with Gasteiger partial charge in [-0.15, -0.1) is 0 Å². The summed E-state index contributed by atoms with van der Waals surface area (Å²) >= 11 is 0. The van der Waals surface area contributed by atoms with E-state index in [-0.39, 0.29) is 17.7 Å². The summed E-state index contributed by atoms with van der Waals surface area (Å²) in [5.74, 6) is 0.681. The molecule has 26 heavy (non-hydrogen) atoms. The van der Waals surface area contributed by atoms with Crippen LogP contribution in [0.3, 0.4) is 0 Å². The number of hydrogen-bond acceptors (Lipinski definition) is 3. The first kappa shape index (κ1) is 18.9. The molecule has 0 aliphatic carbocycles. The van der Waals surface area contributed by atoms with Crippen LogP contribution in [0.2, 0.25) is 0 Å². The molecule has 0 saturated carbocycles. The Labute approximate surface area is 156 Å². The van der Waals surface area contributed by atoms with Crippen molar-refractivity contribution in [3.8, 4) is 0 Å². The second-order valence-corrected chi connectivity index (χ2v) is 7.76. The van der Waals surface area contributed by atoms with Crippen LogP contribution in [0.5, 0.6) is 0 Å². The summed E-state index contributed by atoms with van der Waals surface area (Å²) in [4.78, 5) is 26.4. The molecule has 0 aromatic heterocycles. The number of benzene rings is 1. The van der Waals surface area contributed by atoms with Gasteiger partial charge in [-0.25, -0.2) is 4.79 Å². The van der Waals surface area contributed by atoms with Crippen LogP contribution in [0.15, 0.2) is 24.3 Å². The van der Waals surface area contributed by atoms with Crippen molar-refractivity contribution in [2.45, 2.75) is 52.1 Å². The Bertz CT molecular complexity index is 613. The van der Waals surface area contributed by atoms with Gasteiger partial charge in [0, 0.05) is 36.9 Å². The smallest absolute Gasteiger partial charge is 0.321 e. The van der Waals surface area contributed by atoms with E-state index in [9.17, 15) is 9.59 Å². The molecule has 2 amide bonds. The maximum Gasteiger partial charge on any atom is 0.321 e. The second kappa shape index (κ2) is 8.67. The van der Waals surface area contributed by atoms with E-state index in [1.165, 1.54) is 12.8 Å². The van der Waals surface area contributed by atoms with Crippen LogP contribution in [0.25, 0.3) is 0 Å². The molecular weight excluding hydrogens is 328 g/mol. The molecule has 0 spiro atoms. The van der Waals surface area contributed by atoms with E-state index in [4.69, 9.17) is 4.74 Å². The highest BCUT2D eigenvalue weighted by atomic mass is 16.5. The van der Waals surface area contributed by atoms with Crippen molar-refractivity contribution < 1.29 is 14.3 Å². The first-order chi connectivity index (χ1) is 12.5. The minimum atomic E-state index is -0.0593. The molecule has 5 heteroatoms. The molecule has 2 aliphatic heterocycles. The van der Waals surface area contributed by atoms with Crippen molar-refractivity contribution in [1.82, 2.24) is 4.90 Å². The maximum absolute atomic E-state index is 12.5. The van der Waals surface area contributed by atoms with Gasteiger partial charge in [-0.3, -0.25) is 4.79 Å². The Hall–Kier alpha value is -1.88. The van der Waals surface area contributed by atoms with E-state index in [1.54, 1.807) is 24.3 Å². The molecule has 5 nitrogen and oxygen atoms in total. The largest absolute Gasteiger partial charge is 0.378 e. The van der Waals surface area contributed by atoms with Crippen LogP contribution < -0.4 is 5.32 Å². The van der Waals surface area contributed by atoms with Crippen molar-refractivity contribution >= 4 is 17.5 Å². The van der Waals surface area contributed by atoms with Crippen molar-refractivity contribution in [2.75, 3.05) is 25.0 Å². The minimum Gasteiger partial charge on any atom is -0.378 e. The lowest BCUT2D eigenvalue weighted by Gasteiger charge is -2.37. The van der Waals surface area contributed by atoms with Gasteiger partial charge in [-0.2, -0.15) is 0 Å². The summed E-state index contributed by atoms with van der Waals surface area (Å²) < 4.78 is 5.91. The topological polar surface area (TPSA) is 58.6 Å². The van der Waals surface area contributed by atoms with E-state index in [2.05, 4.69) is 5.32 Å². The Kier molecular flexibility index (Phi) is 6.30. The Morgan fingerprint density at radius 1 is 1.08 bits per heavy atom. The van der Waals surface area contributed by atoms with E-state index in [1.807, 2.05) is 18.7 Å². The molecule has 1 atom stereocenters. The molecule has 0 bridgehead atoms. The van der Waals surface area contributed by atoms with Crippen LogP contribution >= 0.6 is 0 Å². The number of anilines is 1. The number of hydrogen-bond donors (Lipinski definition) is 1. The van der Waals surface area contributed by atoms with Crippen LogP contribution in [0, 0.1) is 11.8 Å². The Morgan fingerprint density at radius 3 is 2.35 bits per heavy atom. The molecule has 142 valence electrons. The van der Waals surface area contributed by atoms with Crippen LogP contribution in [-0.4, -0.2) is 42.5 Å². The third-order valence-corrected chi connectivity index (χ3v) is 5.51. The van der Waals surface area contributed by atoms with Gasteiger partial charge in [0.15, 0.2) is 5.78 Å². The highest BCUT2D eigenvalue weighted by Crippen LogP contribution is 2.28. The summed E-state index contributed by atoms with van der Waals surface area (Å²) in [6.07, 6.45) is 6.03. The van der Waals surface area contributed by atoms with Crippen molar-refractivity contribution in [2.24, 2.45) is 11.8 Å². The standard InChI is InChI=1S/C21H30N2O3/c1-15(2)20(24)17-6-8-18(9-7-17)22-21(25)23-12-10-16(11-13-23)19-5-3-4-14-26-19/h6-9,15-16,19H,3-5,10-14H2,1-2H3,(H,22,25). The lowest BCUT2D eigenvalue weighted by Crippen LogP contribution is -2.44. The quantitative estimate of drug-likeness (QED) is 0.815. The number of nitrogens with zero attached hydrogens (tertiary/aromatic N) is 1. The molecule has 3 rings (SSSR count). The molecule has 2 heterocycles. The number of Topliss-reactive ketones (excluding diaryl/α,β-unsaturated/α-hetero) is 1. The van der Waals surface area contributed by atoms with E-state index >= 15 is 0 Å². The number of rotatable bonds is 4. The fourth-order valence-corrected chi connectivity index (χ4v) is 3.87. The average molecular weight is 358 g/mol. The van der Waals surface area contributed by atoms with Crippen molar-refractivity contribution in [3.05, 3.63) is 29.8 Å². The van der Waals surface area contributed by atoms with Gasteiger partial charge < -0.3 is 15.0 Å². The van der Waals surface area contributed by atoms with E-state index < -0.39 is 0 Å². The average Bonchev–Trinajstić information content (AvgIpc) is 2.68. The third-order valence-electron chi connectivity index (χ3n) is 5.51. The fraction of sp³-hybridized carbons (Fsp3) is 0.619. The lowest BCUT2D eigenvalue weighted by atomic mass is 9.87. The first-order valence-electron chi connectivity index (χ1n) is 9.86.